The average molecular weight is 352 g/mol. The van der Waals surface area contributed by atoms with Crippen LogP contribution in [0.2, 0.25) is 0 Å². The lowest BCUT2D eigenvalue weighted by Gasteiger charge is -2.21. The molecule has 1 aromatic rings. The van der Waals surface area contributed by atoms with Crippen LogP contribution in [0.5, 0.6) is 0 Å². The van der Waals surface area contributed by atoms with Crippen LogP contribution in [-0.2, 0) is 14.8 Å². The number of ketones is 1. The number of halogens is 1. The number of sulfonamides is 1. The number of thiophene rings is 1. The minimum Gasteiger partial charge on any atom is -0.300 e. The van der Waals surface area contributed by atoms with Gasteiger partial charge in [-0.1, -0.05) is 0 Å². The molecule has 4 nitrogen and oxygen atoms in total. The van der Waals surface area contributed by atoms with Crippen LogP contribution in [0.25, 0.3) is 0 Å². The molecule has 1 aromatic heterocycles. The summed E-state index contributed by atoms with van der Waals surface area (Å²) in [6.45, 7) is 1.79. The second kappa shape index (κ2) is 5.40. The van der Waals surface area contributed by atoms with E-state index < -0.39 is 10.0 Å². The molecule has 1 aliphatic carbocycles. The monoisotopic (exact) mass is 351 g/mol. The van der Waals surface area contributed by atoms with Crippen molar-refractivity contribution >= 4 is 43.1 Å². The van der Waals surface area contributed by atoms with E-state index in [0.717, 1.165) is 8.66 Å². The topological polar surface area (TPSA) is 63.2 Å². The average Bonchev–Trinajstić information content (AvgIpc) is 2.62. The summed E-state index contributed by atoms with van der Waals surface area (Å²) in [5.41, 5.74) is 0. The SMILES string of the molecule is Cc1sc(Br)cc1S(=O)(=O)NC1CCC(=O)CC1. The van der Waals surface area contributed by atoms with Crippen LogP contribution < -0.4 is 4.72 Å². The lowest BCUT2D eigenvalue weighted by atomic mass is 9.95. The van der Waals surface area contributed by atoms with E-state index in [-0.39, 0.29) is 11.8 Å². The van der Waals surface area contributed by atoms with Crippen molar-refractivity contribution in [3.05, 3.63) is 14.7 Å². The van der Waals surface area contributed by atoms with Crippen LogP contribution in [0.3, 0.4) is 0 Å². The van der Waals surface area contributed by atoms with Gasteiger partial charge in [-0.25, -0.2) is 13.1 Å². The molecule has 0 radical (unpaired) electrons. The fraction of sp³-hybridized carbons (Fsp3) is 0.545. The Labute approximate surface area is 119 Å². The van der Waals surface area contributed by atoms with Crippen LogP contribution in [-0.4, -0.2) is 20.2 Å². The van der Waals surface area contributed by atoms with Gasteiger partial charge in [-0.3, -0.25) is 4.79 Å². The molecule has 0 aliphatic heterocycles. The predicted octanol–water partition coefficient (Wildman–Crippen LogP) is 2.61. The van der Waals surface area contributed by atoms with Crippen molar-refractivity contribution in [3.63, 3.8) is 0 Å². The van der Waals surface area contributed by atoms with Crippen molar-refractivity contribution in [1.29, 1.82) is 0 Å². The molecule has 0 aromatic carbocycles. The Morgan fingerprint density at radius 2 is 2.00 bits per heavy atom. The fourth-order valence-corrected chi connectivity index (χ4v) is 5.76. The maximum atomic E-state index is 12.2. The summed E-state index contributed by atoms with van der Waals surface area (Å²) in [6.07, 6.45) is 2.14. The number of carbonyl (C=O) groups is 1. The van der Waals surface area contributed by atoms with Gasteiger partial charge in [0, 0.05) is 23.8 Å². The van der Waals surface area contributed by atoms with Gasteiger partial charge in [0.25, 0.3) is 0 Å². The summed E-state index contributed by atoms with van der Waals surface area (Å²) in [5.74, 6) is 0.222. The third-order valence-corrected chi connectivity index (χ3v) is 6.33. The van der Waals surface area contributed by atoms with Crippen molar-refractivity contribution in [1.82, 2.24) is 4.72 Å². The number of Topliss-reactive ketones (excluding diaryl/α,β-unsaturated/α-hetero) is 1. The zero-order valence-corrected chi connectivity index (χ0v) is 13.1. The quantitative estimate of drug-likeness (QED) is 0.910. The number of hydrogen-bond acceptors (Lipinski definition) is 4. The molecule has 0 atom stereocenters. The van der Waals surface area contributed by atoms with E-state index in [1.807, 2.05) is 0 Å². The molecule has 0 saturated heterocycles. The predicted molar refractivity (Wildman–Crippen MR) is 74.3 cm³/mol. The van der Waals surface area contributed by atoms with E-state index in [0.29, 0.717) is 30.6 Å². The Hall–Kier alpha value is -0.240. The summed E-state index contributed by atoms with van der Waals surface area (Å²) in [7, 11) is -3.47. The smallest absolute Gasteiger partial charge is 0.241 e. The van der Waals surface area contributed by atoms with Crippen LogP contribution in [0, 0.1) is 6.92 Å². The zero-order valence-electron chi connectivity index (χ0n) is 9.90. The highest BCUT2D eigenvalue weighted by Gasteiger charge is 2.26. The molecule has 1 N–H and O–H groups in total. The van der Waals surface area contributed by atoms with Crippen molar-refractivity contribution in [2.75, 3.05) is 0 Å². The van der Waals surface area contributed by atoms with Crippen LogP contribution in [0.15, 0.2) is 14.7 Å². The zero-order chi connectivity index (χ0) is 13.3. The van der Waals surface area contributed by atoms with Crippen molar-refractivity contribution in [2.45, 2.75) is 43.5 Å². The lowest BCUT2D eigenvalue weighted by molar-refractivity contribution is -0.120. The summed E-state index contributed by atoms with van der Waals surface area (Å²) in [4.78, 5) is 12.2. The molecule has 0 unspecified atom stereocenters. The van der Waals surface area contributed by atoms with Gasteiger partial charge in [0.1, 0.15) is 5.78 Å². The largest absolute Gasteiger partial charge is 0.300 e. The number of nitrogens with one attached hydrogen (secondary N) is 1. The first-order valence-corrected chi connectivity index (χ1v) is 8.78. The van der Waals surface area contributed by atoms with E-state index in [2.05, 4.69) is 20.7 Å². The molecule has 1 heterocycles. The van der Waals surface area contributed by atoms with Gasteiger partial charge < -0.3 is 0 Å². The molecule has 0 bridgehead atoms. The lowest BCUT2D eigenvalue weighted by Crippen LogP contribution is -2.37. The number of carbonyl (C=O) groups excluding carboxylic acids is 1. The standard InChI is InChI=1S/C11H14BrNO3S2/c1-7-10(6-11(12)17-7)18(15,16)13-8-2-4-9(14)5-3-8/h6,8,13H,2-5H2,1H3. The molecular weight excluding hydrogens is 338 g/mol. The van der Waals surface area contributed by atoms with Crippen molar-refractivity contribution in [2.24, 2.45) is 0 Å². The van der Waals surface area contributed by atoms with Crippen LogP contribution in [0.1, 0.15) is 30.6 Å². The van der Waals surface area contributed by atoms with E-state index in [1.54, 1.807) is 13.0 Å². The Balaban J connectivity index is 2.12. The summed E-state index contributed by atoms with van der Waals surface area (Å²) >= 11 is 4.69. The van der Waals surface area contributed by atoms with E-state index >= 15 is 0 Å². The molecule has 1 aliphatic rings. The van der Waals surface area contributed by atoms with Gasteiger partial charge in [-0.2, -0.15) is 0 Å². The van der Waals surface area contributed by atoms with Gasteiger partial charge in [0.05, 0.1) is 8.68 Å². The first kappa shape index (κ1) is 14.2. The molecule has 100 valence electrons. The van der Waals surface area contributed by atoms with Gasteiger partial charge in [-0.15, -0.1) is 11.3 Å². The Bertz CT molecular complexity index is 555. The number of aryl methyl sites for hydroxylation is 1. The normalized spacial score (nSPS) is 18.2. The first-order valence-electron chi connectivity index (χ1n) is 5.68. The Kier molecular flexibility index (Phi) is 4.25. The van der Waals surface area contributed by atoms with Crippen molar-refractivity contribution in [3.8, 4) is 0 Å². The van der Waals surface area contributed by atoms with E-state index in [9.17, 15) is 13.2 Å². The second-order valence-electron chi connectivity index (χ2n) is 4.41. The van der Waals surface area contributed by atoms with Gasteiger partial charge >= 0.3 is 0 Å². The molecule has 7 heteroatoms. The fourth-order valence-electron chi connectivity index (χ4n) is 2.04. The second-order valence-corrected chi connectivity index (χ2v) is 8.72. The van der Waals surface area contributed by atoms with Crippen molar-refractivity contribution < 1.29 is 13.2 Å². The highest BCUT2D eigenvalue weighted by molar-refractivity contribution is 9.11. The molecule has 2 rings (SSSR count). The summed E-state index contributed by atoms with van der Waals surface area (Å²) in [5, 5.41) is 0. The minimum atomic E-state index is -3.47. The Morgan fingerprint density at radius 1 is 1.39 bits per heavy atom. The highest BCUT2D eigenvalue weighted by atomic mass is 79.9. The highest BCUT2D eigenvalue weighted by Crippen LogP contribution is 2.30. The Morgan fingerprint density at radius 3 is 2.50 bits per heavy atom. The van der Waals surface area contributed by atoms with Crippen LogP contribution in [0.4, 0.5) is 0 Å². The first-order chi connectivity index (χ1) is 8.38. The summed E-state index contributed by atoms with van der Waals surface area (Å²) < 4.78 is 27.9. The minimum absolute atomic E-state index is 0.120. The molecular formula is C11H14BrNO3S2. The molecule has 0 amide bonds. The maximum absolute atomic E-state index is 12.2. The molecule has 0 spiro atoms. The van der Waals surface area contributed by atoms with Gasteiger partial charge in [-0.05, 0) is 41.8 Å². The third-order valence-electron chi connectivity index (χ3n) is 3.00. The molecule has 1 saturated carbocycles. The molecule has 1 fully saturated rings. The van der Waals surface area contributed by atoms with Gasteiger partial charge in [0.2, 0.25) is 10.0 Å². The van der Waals surface area contributed by atoms with E-state index in [4.69, 9.17) is 0 Å². The van der Waals surface area contributed by atoms with E-state index in [1.165, 1.54) is 11.3 Å². The molecule has 18 heavy (non-hydrogen) atoms. The van der Waals surface area contributed by atoms with Crippen LogP contribution >= 0.6 is 27.3 Å². The summed E-state index contributed by atoms with van der Waals surface area (Å²) in [6, 6.07) is 1.50. The van der Waals surface area contributed by atoms with Gasteiger partial charge in [0.15, 0.2) is 0 Å². The number of rotatable bonds is 3. The third kappa shape index (κ3) is 3.20. The number of hydrogen-bond donors (Lipinski definition) is 1. The maximum Gasteiger partial charge on any atom is 0.241 e.